The van der Waals surface area contributed by atoms with E-state index in [1.807, 2.05) is 11.7 Å². The van der Waals surface area contributed by atoms with Crippen LogP contribution in [0.2, 0.25) is 0 Å². The fourth-order valence-electron chi connectivity index (χ4n) is 2.45. The van der Waals surface area contributed by atoms with Crippen molar-refractivity contribution in [1.82, 2.24) is 9.78 Å². The Morgan fingerprint density at radius 3 is 2.05 bits per heavy atom. The molecule has 0 unspecified atom stereocenters. The molecule has 0 saturated heterocycles. The van der Waals surface area contributed by atoms with Crippen molar-refractivity contribution < 1.29 is 0 Å². The average molecular weight is 276 g/mol. The van der Waals surface area contributed by atoms with Crippen LogP contribution >= 0.6 is 0 Å². The van der Waals surface area contributed by atoms with Crippen molar-refractivity contribution in [3.8, 4) is 11.3 Å². The molecule has 0 aliphatic rings. The third-order valence-electron chi connectivity index (χ3n) is 3.83. The Bertz CT molecular complexity index is 734. The highest BCUT2D eigenvalue weighted by Gasteiger charge is 2.08. The number of aromatic nitrogens is 2. The number of benzene rings is 2. The van der Waals surface area contributed by atoms with Crippen LogP contribution in [0.15, 0.2) is 54.6 Å². The lowest BCUT2D eigenvalue weighted by Gasteiger charge is -2.02. The predicted molar refractivity (Wildman–Crippen MR) is 87.4 cm³/mol. The van der Waals surface area contributed by atoms with Gasteiger partial charge in [0.15, 0.2) is 0 Å². The molecular formula is C19H20N2. The van der Waals surface area contributed by atoms with Crippen molar-refractivity contribution in [2.45, 2.75) is 20.3 Å². The van der Waals surface area contributed by atoms with Crippen LogP contribution in [0.25, 0.3) is 11.3 Å². The molecule has 1 heterocycles. The summed E-state index contributed by atoms with van der Waals surface area (Å²) in [7, 11) is 2.02. The molecule has 1 aromatic heterocycles. The molecule has 106 valence electrons. The van der Waals surface area contributed by atoms with E-state index in [0.717, 1.165) is 12.1 Å². The minimum absolute atomic E-state index is 0.912. The molecule has 0 spiro atoms. The van der Waals surface area contributed by atoms with Gasteiger partial charge < -0.3 is 0 Å². The zero-order chi connectivity index (χ0) is 14.8. The lowest BCUT2D eigenvalue weighted by Crippen LogP contribution is -1.99. The third kappa shape index (κ3) is 3.05. The van der Waals surface area contributed by atoms with Gasteiger partial charge in [-0.2, -0.15) is 5.10 Å². The number of hydrogen-bond donors (Lipinski definition) is 0. The van der Waals surface area contributed by atoms with Crippen LogP contribution in [0.3, 0.4) is 0 Å². The van der Waals surface area contributed by atoms with Crippen molar-refractivity contribution in [2.75, 3.05) is 0 Å². The van der Waals surface area contributed by atoms with Crippen LogP contribution in [-0.4, -0.2) is 9.78 Å². The normalized spacial score (nSPS) is 10.8. The first-order chi connectivity index (χ1) is 10.1. The van der Waals surface area contributed by atoms with Gasteiger partial charge in [0, 0.05) is 24.7 Å². The Morgan fingerprint density at radius 1 is 0.857 bits per heavy atom. The fraction of sp³-hybridized carbons (Fsp3) is 0.211. The summed E-state index contributed by atoms with van der Waals surface area (Å²) in [6.45, 7) is 4.22. The maximum Gasteiger partial charge on any atom is 0.0926 e. The highest BCUT2D eigenvalue weighted by atomic mass is 15.3. The molecule has 2 nitrogen and oxygen atoms in total. The largest absolute Gasteiger partial charge is 0.272 e. The quantitative estimate of drug-likeness (QED) is 0.697. The fourth-order valence-corrected chi connectivity index (χ4v) is 2.45. The lowest BCUT2D eigenvalue weighted by molar-refractivity contribution is 0.726. The molecule has 2 heteroatoms. The summed E-state index contributed by atoms with van der Waals surface area (Å²) < 4.78 is 1.98. The summed E-state index contributed by atoms with van der Waals surface area (Å²) in [4.78, 5) is 0. The second-order valence-corrected chi connectivity index (χ2v) is 5.67. The lowest BCUT2D eigenvalue weighted by atomic mass is 10.1. The topological polar surface area (TPSA) is 17.8 Å². The minimum Gasteiger partial charge on any atom is -0.272 e. The summed E-state index contributed by atoms with van der Waals surface area (Å²) in [6.07, 6.45) is 0.912. The zero-order valence-corrected chi connectivity index (χ0v) is 12.8. The van der Waals surface area contributed by atoms with Crippen LogP contribution in [0.1, 0.15) is 22.4 Å². The van der Waals surface area contributed by atoms with E-state index in [1.54, 1.807) is 0 Å². The van der Waals surface area contributed by atoms with E-state index in [1.165, 1.54) is 27.9 Å². The van der Waals surface area contributed by atoms with Gasteiger partial charge >= 0.3 is 0 Å². The van der Waals surface area contributed by atoms with Crippen molar-refractivity contribution in [3.05, 3.63) is 77.0 Å². The van der Waals surface area contributed by atoms with Gasteiger partial charge in [-0.25, -0.2) is 0 Å². The van der Waals surface area contributed by atoms with Gasteiger partial charge in [-0.05, 0) is 25.5 Å². The molecule has 2 aromatic carbocycles. The molecule has 0 amide bonds. The van der Waals surface area contributed by atoms with E-state index in [-0.39, 0.29) is 0 Å². The van der Waals surface area contributed by atoms with Crippen LogP contribution in [0.4, 0.5) is 0 Å². The van der Waals surface area contributed by atoms with E-state index >= 15 is 0 Å². The summed E-state index contributed by atoms with van der Waals surface area (Å²) in [5, 5.41) is 4.64. The second kappa shape index (κ2) is 5.57. The molecule has 0 fully saturated rings. The highest BCUT2D eigenvalue weighted by molar-refractivity contribution is 5.60. The van der Waals surface area contributed by atoms with Crippen molar-refractivity contribution in [1.29, 1.82) is 0 Å². The average Bonchev–Trinajstić information content (AvgIpc) is 2.83. The summed E-state index contributed by atoms with van der Waals surface area (Å²) in [6, 6.07) is 19.4. The molecule has 0 atom stereocenters. The molecule has 3 aromatic rings. The van der Waals surface area contributed by atoms with Crippen LogP contribution < -0.4 is 0 Å². The molecule has 0 radical (unpaired) electrons. The third-order valence-corrected chi connectivity index (χ3v) is 3.83. The Kier molecular flexibility index (Phi) is 3.61. The molecule has 0 bridgehead atoms. The predicted octanol–water partition coefficient (Wildman–Crippen LogP) is 4.29. The maximum absolute atomic E-state index is 4.64. The molecular weight excluding hydrogens is 256 g/mol. The first kappa shape index (κ1) is 13.6. The number of hydrogen-bond acceptors (Lipinski definition) is 1. The Labute approximate surface area is 126 Å². The molecule has 21 heavy (non-hydrogen) atoms. The van der Waals surface area contributed by atoms with E-state index < -0.39 is 0 Å². The molecule has 0 aliphatic carbocycles. The van der Waals surface area contributed by atoms with Gasteiger partial charge in [-0.1, -0.05) is 59.7 Å². The molecule has 0 aliphatic heterocycles. The Morgan fingerprint density at radius 2 is 1.43 bits per heavy atom. The summed E-state index contributed by atoms with van der Waals surface area (Å²) in [5.74, 6) is 0. The number of rotatable bonds is 3. The zero-order valence-electron chi connectivity index (χ0n) is 12.8. The van der Waals surface area contributed by atoms with Gasteiger partial charge in [-0.3, -0.25) is 4.68 Å². The van der Waals surface area contributed by atoms with Gasteiger partial charge in [0.2, 0.25) is 0 Å². The van der Waals surface area contributed by atoms with E-state index in [2.05, 4.69) is 73.5 Å². The van der Waals surface area contributed by atoms with Gasteiger partial charge in [-0.15, -0.1) is 0 Å². The minimum atomic E-state index is 0.912. The van der Waals surface area contributed by atoms with Crippen LogP contribution in [0, 0.1) is 13.8 Å². The number of nitrogens with zero attached hydrogens (tertiary/aromatic N) is 2. The van der Waals surface area contributed by atoms with Gasteiger partial charge in [0.1, 0.15) is 0 Å². The first-order valence-electron chi connectivity index (χ1n) is 7.27. The molecule has 0 saturated carbocycles. The van der Waals surface area contributed by atoms with Crippen LogP contribution in [-0.2, 0) is 13.5 Å². The van der Waals surface area contributed by atoms with Gasteiger partial charge in [0.05, 0.1) is 5.69 Å². The van der Waals surface area contributed by atoms with E-state index in [0.29, 0.717) is 0 Å². The second-order valence-electron chi connectivity index (χ2n) is 5.67. The van der Waals surface area contributed by atoms with Crippen molar-refractivity contribution in [3.63, 3.8) is 0 Å². The van der Waals surface area contributed by atoms with E-state index in [4.69, 9.17) is 0 Å². The Balaban J connectivity index is 1.87. The summed E-state index contributed by atoms with van der Waals surface area (Å²) >= 11 is 0. The molecule has 3 rings (SSSR count). The summed E-state index contributed by atoms with van der Waals surface area (Å²) in [5.41, 5.74) is 7.33. The highest BCUT2D eigenvalue weighted by Crippen LogP contribution is 2.21. The van der Waals surface area contributed by atoms with Crippen molar-refractivity contribution in [2.24, 2.45) is 7.05 Å². The SMILES string of the molecule is Cc1ccc(Cc2cc(-c3ccc(C)cc3)nn2C)cc1. The Hall–Kier alpha value is -2.35. The van der Waals surface area contributed by atoms with Crippen molar-refractivity contribution >= 4 is 0 Å². The number of aryl methyl sites for hydroxylation is 3. The maximum atomic E-state index is 4.64. The standard InChI is InChI=1S/C19H20N2/c1-14-4-8-16(9-5-14)12-18-13-19(20-21(18)3)17-10-6-15(2)7-11-17/h4-11,13H,12H2,1-3H3. The van der Waals surface area contributed by atoms with Crippen LogP contribution in [0.5, 0.6) is 0 Å². The first-order valence-corrected chi connectivity index (χ1v) is 7.27. The monoisotopic (exact) mass is 276 g/mol. The molecule has 0 N–H and O–H groups in total. The smallest absolute Gasteiger partial charge is 0.0926 e. The van der Waals surface area contributed by atoms with Gasteiger partial charge in [0.25, 0.3) is 0 Å². The van der Waals surface area contributed by atoms with E-state index in [9.17, 15) is 0 Å².